The van der Waals surface area contributed by atoms with E-state index in [-0.39, 0.29) is 5.12 Å². The lowest BCUT2D eigenvalue weighted by atomic mass is 10.3. The van der Waals surface area contributed by atoms with Crippen molar-refractivity contribution in [2.75, 3.05) is 6.26 Å². The topological polar surface area (TPSA) is 34.4 Å². The molecule has 1 aliphatic heterocycles. The van der Waals surface area contributed by atoms with Crippen LogP contribution in [-0.4, -0.2) is 20.3 Å². The van der Waals surface area contributed by atoms with Gasteiger partial charge in [0.05, 0.1) is 0 Å². The van der Waals surface area contributed by atoms with Gasteiger partial charge in [0.25, 0.3) is 0 Å². The highest BCUT2D eigenvalue weighted by Crippen LogP contribution is 2.29. The van der Waals surface area contributed by atoms with Crippen LogP contribution in [0.5, 0.6) is 0 Å². The number of thioether (sulfide) groups is 2. The largest absolute Gasteiger partial charge is 0.351 e. The molecular formula is C10H10N2OS2. The molecule has 0 amide bonds. The smallest absolute Gasteiger partial charge is 0.244 e. The van der Waals surface area contributed by atoms with Crippen molar-refractivity contribution in [3.8, 4) is 0 Å². The van der Waals surface area contributed by atoms with Gasteiger partial charge in [-0.1, -0.05) is 0 Å². The minimum absolute atomic E-state index is 0.0283. The van der Waals surface area contributed by atoms with Crippen LogP contribution in [0.3, 0.4) is 0 Å². The molecule has 2 heterocycles. The summed E-state index contributed by atoms with van der Waals surface area (Å²) in [5.74, 6) is 0. The van der Waals surface area contributed by atoms with Crippen molar-refractivity contribution in [1.82, 2.24) is 4.57 Å². The van der Waals surface area contributed by atoms with Crippen molar-refractivity contribution in [1.29, 1.82) is 0 Å². The average molecular weight is 238 g/mol. The van der Waals surface area contributed by atoms with Crippen LogP contribution in [0, 0.1) is 0 Å². The van der Waals surface area contributed by atoms with E-state index in [4.69, 9.17) is 0 Å². The van der Waals surface area contributed by atoms with Crippen LogP contribution in [0.2, 0.25) is 0 Å². The van der Waals surface area contributed by atoms with E-state index in [1.54, 1.807) is 0 Å². The van der Waals surface area contributed by atoms with Crippen molar-refractivity contribution in [2.45, 2.75) is 0 Å². The highest BCUT2D eigenvalue weighted by atomic mass is 32.2. The molecular weight excluding hydrogens is 228 g/mol. The number of nitrogens with zero attached hydrogens (tertiary/aromatic N) is 2. The molecule has 0 bridgehead atoms. The molecule has 15 heavy (non-hydrogen) atoms. The van der Waals surface area contributed by atoms with Gasteiger partial charge in [-0.05, 0) is 36.2 Å². The van der Waals surface area contributed by atoms with Gasteiger partial charge in [-0.3, -0.25) is 4.79 Å². The summed E-state index contributed by atoms with van der Waals surface area (Å²) in [6.45, 7) is 0. The number of carbonyl (C=O) groups excluding carboxylic acids is 1. The Labute approximate surface area is 96.6 Å². The van der Waals surface area contributed by atoms with E-state index in [0.29, 0.717) is 5.70 Å². The number of hydrogen-bond acceptors (Lipinski definition) is 4. The number of aryl methyl sites for hydroxylation is 1. The molecule has 0 aromatic carbocycles. The molecule has 0 saturated heterocycles. The Morgan fingerprint density at radius 2 is 2.40 bits per heavy atom. The highest BCUT2D eigenvalue weighted by Gasteiger charge is 2.21. The van der Waals surface area contributed by atoms with E-state index in [1.165, 1.54) is 23.5 Å². The Kier molecular flexibility index (Phi) is 3.02. The normalized spacial score (nSPS) is 18.7. The van der Waals surface area contributed by atoms with Crippen molar-refractivity contribution < 1.29 is 4.79 Å². The predicted octanol–water partition coefficient (Wildman–Crippen LogP) is 2.36. The molecule has 78 valence electrons. The number of rotatable bonds is 1. The number of aliphatic imine (C=N–C) groups is 1. The second kappa shape index (κ2) is 4.28. The SMILES string of the molecule is CSC1=NC(=Cc2cccn2C)C(=O)S1. The van der Waals surface area contributed by atoms with E-state index in [9.17, 15) is 4.79 Å². The fraction of sp³-hybridized carbons (Fsp3) is 0.200. The summed E-state index contributed by atoms with van der Waals surface area (Å²) in [6.07, 6.45) is 5.68. The van der Waals surface area contributed by atoms with Crippen molar-refractivity contribution in [2.24, 2.45) is 12.0 Å². The molecule has 0 saturated carbocycles. The number of carbonyl (C=O) groups is 1. The molecule has 1 aromatic rings. The zero-order valence-electron chi connectivity index (χ0n) is 8.43. The van der Waals surface area contributed by atoms with E-state index in [2.05, 4.69) is 4.99 Å². The summed E-state index contributed by atoms with van der Waals surface area (Å²) in [7, 11) is 1.94. The molecule has 0 aliphatic carbocycles. The Morgan fingerprint density at radius 3 is 2.93 bits per heavy atom. The first-order chi connectivity index (χ1) is 7.20. The van der Waals surface area contributed by atoms with Crippen LogP contribution in [-0.2, 0) is 11.8 Å². The van der Waals surface area contributed by atoms with Crippen LogP contribution in [0.4, 0.5) is 0 Å². The number of hydrogen-bond donors (Lipinski definition) is 0. The molecule has 0 atom stereocenters. The molecule has 1 aliphatic rings. The van der Waals surface area contributed by atoms with Crippen LogP contribution < -0.4 is 0 Å². The summed E-state index contributed by atoms with van der Waals surface area (Å²) in [6, 6.07) is 3.90. The van der Waals surface area contributed by atoms with Crippen molar-refractivity contribution in [3.63, 3.8) is 0 Å². The van der Waals surface area contributed by atoms with Gasteiger partial charge in [0, 0.05) is 18.9 Å². The first-order valence-electron chi connectivity index (χ1n) is 4.38. The van der Waals surface area contributed by atoms with Crippen LogP contribution in [0.1, 0.15) is 5.69 Å². The third-order valence-corrected chi connectivity index (χ3v) is 3.90. The molecule has 1 aromatic heterocycles. The molecule has 0 unspecified atom stereocenters. The summed E-state index contributed by atoms with van der Waals surface area (Å²) in [5, 5.41) is 0.0283. The van der Waals surface area contributed by atoms with Gasteiger partial charge in [-0.2, -0.15) is 0 Å². The first-order valence-corrected chi connectivity index (χ1v) is 6.42. The quantitative estimate of drug-likeness (QED) is 0.704. The van der Waals surface area contributed by atoms with Gasteiger partial charge in [0.15, 0.2) is 0 Å². The highest BCUT2D eigenvalue weighted by molar-refractivity contribution is 8.45. The molecule has 3 nitrogen and oxygen atoms in total. The summed E-state index contributed by atoms with van der Waals surface area (Å²) >= 11 is 2.70. The van der Waals surface area contributed by atoms with Gasteiger partial charge >= 0.3 is 0 Å². The molecule has 2 rings (SSSR count). The standard InChI is InChI=1S/C10H10N2OS2/c1-12-5-3-4-7(12)6-8-9(13)15-10(11-8)14-2/h3-6H,1-2H3. The van der Waals surface area contributed by atoms with Gasteiger partial charge in [0.1, 0.15) is 10.1 Å². The van der Waals surface area contributed by atoms with Gasteiger partial charge < -0.3 is 4.57 Å². The van der Waals surface area contributed by atoms with Crippen LogP contribution in [0.25, 0.3) is 6.08 Å². The molecule has 5 heteroatoms. The zero-order valence-corrected chi connectivity index (χ0v) is 10.1. The molecule has 0 fully saturated rings. The lowest BCUT2D eigenvalue weighted by Gasteiger charge is -1.95. The lowest BCUT2D eigenvalue weighted by molar-refractivity contribution is -0.107. The first kappa shape index (κ1) is 10.6. The molecule has 0 N–H and O–H groups in total. The van der Waals surface area contributed by atoms with E-state index < -0.39 is 0 Å². The Balaban J connectivity index is 2.32. The minimum Gasteiger partial charge on any atom is -0.351 e. The third kappa shape index (κ3) is 2.18. The minimum atomic E-state index is 0.0283. The van der Waals surface area contributed by atoms with Gasteiger partial charge in [-0.25, -0.2) is 4.99 Å². The number of aromatic nitrogens is 1. The van der Waals surface area contributed by atoms with E-state index in [1.807, 2.05) is 42.3 Å². The Bertz CT molecular complexity index is 460. The van der Waals surface area contributed by atoms with Gasteiger partial charge in [-0.15, -0.1) is 11.8 Å². The summed E-state index contributed by atoms with van der Waals surface area (Å²) < 4.78 is 2.78. The van der Waals surface area contributed by atoms with Crippen molar-refractivity contribution >= 4 is 39.1 Å². The maximum atomic E-state index is 11.5. The van der Waals surface area contributed by atoms with Crippen LogP contribution in [0.15, 0.2) is 29.0 Å². The lowest BCUT2D eigenvalue weighted by Crippen LogP contribution is -1.92. The maximum absolute atomic E-state index is 11.5. The summed E-state index contributed by atoms with van der Waals surface area (Å²) in [5.41, 5.74) is 1.52. The van der Waals surface area contributed by atoms with Gasteiger partial charge in [0.2, 0.25) is 5.12 Å². The van der Waals surface area contributed by atoms with E-state index >= 15 is 0 Å². The second-order valence-electron chi connectivity index (χ2n) is 3.04. The summed E-state index contributed by atoms with van der Waals surface area (Å²) in [4.78, 5) is 15.8. The molecule has 0 radical (unpaired) electrons. The fourth-order valence-corrected chi connectivity index (χ4v) is 2.50. The Hall–Kier alpha value is -0.940. The van der Waals surface area contributed by atoms with Crippen molar-refractivity contribution in [3.05, 3.63) is 29.7 Å². The third-order valence-electron chi connectivity index (χ3n) is 2.04. The Morgan fingerprint density at radius 1 is 1.60 bits per heavy atom. The zero-order chi connectivity index (χ0) is 10.8. The maximum Gasteiger partial charge on any atom is 0.244 e. The predicted molar refractivity (Wildman–Crippen MR) is 66.9 cm³/mol. The van der Waals surface area contributed by atoms with Crippen LogP contribution >= 0.6 is 23.5 Å². The molecule has 0 spiro atoms. The van der Waals surface area contributed by atoms with E-state index in [0.717, 1.165) is 10.1 Å². The fourth-order valence-electron chi connectivity index (χ4n) is 1.24. The monoisotopic (exact) mass is 238 g/mol. The second-order valence-corrected chi connectivity index (χ2v) is 5.06. The average Bonchev–Trinajstić information content (AvgIpc) is 2.76.